The van der Waals surface area contributed by atoms with Gasteiger partial charge < -0.3 is 11.1 Å². The van der Waals surface area contributed by atoms with E-state index in [1.54, 1.807) is 18.6 Å². The zero-order valence-electron chi connectivity index (χ0n) is 9.10. The van der Waals surface area contributed by atoms with Gasteiger partial charge >= 0.3 is 0 Å². The molecule has 0 atom stereocenters. The Kier molecular flexibility index (Phi) is 3.87. The SMILES string of the molecule is Nc1ncc(Br)c(NCCc2ccncc2)n1. The highest BCUT2D eigenvalue weighted by molar-refractivity contribution is 9.10. The maximum atomic E-state index is 5.52. The number of hydrogen-bond acceptors (Lipinski definition) is 5. The van der Waals surface area contributed by atoms with Gasteiger partial charge in [0.2, 0.25) is 5.95 Å². The predicted octanol–water partition coefficient (Wildman–Crippen LogP) is 1.87. The molecular weight excluding hydrogens is 282 g/mol. The molecule has 0 aliphatic rings. The lowest BCUT2D eigenvalue weighted by atomic mass is 10.2. The summed E-state index contributed by atoms with van der Waals surface area (Å²) in [4.78, 5) is 11.9. The van der Waals surface area contributed by atoms with Crippen molar-refractivity contribution in [2.45, 2.75) is 6.42 Å². The summed E-state index contributed by atoms with van der Waals surface area (Å²) in [5.41, 5.74) is 6.75. The van der Waals surface area contributed by atoms with E-state index in [4.69, 9.17) is 5.73 Å². The van der Waals surface area contributed by atoms with Gasteiger partial charge in [-0.3, -0.25) is 4.98 Å². The molecule has 2 aromatic rings. The first-order valence-electron chi connectivity index (χ1n) is 5.16. The number of anilines is 2. The molecule has 0 bridgehead atoms. The minimum absolute atomic E-state index is 0.264. The van der Waals surface area contributed by atoms with E-state index in [0.29, 0.717) is 5.82 Å². The van der Waals surface area contributed by atoms with Gasteiger partial charge in [-0.2, -0.15) is 4.98 Å². The Hall–Kier alpha value is -1.69. The number of aromatic nitrogens is 3. The van der Waals surface area contributed by atoms with Gasteiger partial charge in [0.25, 0.3) is 0 Å². The standard InChI is InChI=1S/C11H12BrN5/c12-9-7-16-11(13)17-10(9)15-6-3-8-1-4-14-5-2-8/h1-2,4-5,7H,3,6H2,(H3,13,15,16,17). The Morgan fingerprint density at radius 2 is 2.06 bits per heavy atom. The van der Waals surface area contributed by atoms with Crippen molar-refractivity contribution >= 4 is 27.7 Å². The van der Waals surface area contributed by atoms with Gasteiger partial charge in [0, 0.05) is 25.1 Å². The Morgan fingerprint density at radius 3 is 2.82 bits per heavy atom. The summed E-state index contributed by atoms with van der Waals surface area (Å²) >= 11 is 3.36. The van der Waals surface area contributed by atoms with E-state index < -0.39 is 0 Å². The number of nitrogens with zero attached hydrogens (tertiary/aromatic N) is 3. The number of nitrogen functional groups attached to an aromatic ring is 1. The molecule has 0 fully saturated rings. The second-order valence-electron chi connectivity index (χ2n) is 3.46. The smallest absolute Gasteiger partial charge is 0.221 e. The van der Waals surface area contributed by atoms with Gasteiger partial charge in [0.1, 0.15) is 5.82 Å². The van der Waals surface area contributed by atoms with Crippen molar-refractivity contribution in [3.8, 4) is 0 Å². The number of pyridine rings is 1. The molecule has 88 valence electrons. The summed E-state index contributed by atoms with van der Waals surface area (Å²) in [7, 11) is 0. The number of nitrogens with two attached hydrogens (primary N) is 1. The molecular formula is C11H12BrN5. The minimum Gasteiger partial charge on any atom is -0.369 e. The van der Waals surface area contributed by atoms with Gasteiger partial charge in [-0.25, -0.2) is 4.98 Å². The van der Waals surface area contributed by atoms with E-state index in [9.17, 15) is 0 Å². The molecule has 0 amide bonds. The molecule has 2 aromatic heterocycles. The molecule has 6 heteroatoms. The van der Waals surface area contributed by atoms with Crippen LogP contribution in [0.25, 0.3) is 0 Å². The lowest BCUT2D eigenvalue weighted by molar-refractivity contribution is 0.993. The van der Waals surface area contributed by atoms with Gasteiger partial charge in [0.05, 0.1) is 4.47 Å². The molecule has 0 saturated heterocycles. The van der Waals surface area contributed by atoms with Gasteiger partial charge in [-0.05, 0) is 40.0 Å². The fourth-order valence-corrected chi connectivity index (χ4v) is 1.71. The van der Waals surface area contributed by atoms with Crippen LogP contribution < -0.4 is 11.1 Å². The first-order valence-corrected chi connectivity index (χ1v) is 5.96. The summed E-state index contributed by atoms with van der Waals surface area (Å²) in [6.45, 7) is 0.777. The highest BCUT2D eigenvalue weighted by Crippen LogP contribution is 2.18. The molecule has 5 nitrogen and oxygen atoms in total. The molecule has 17 heavy (non-hydrogen) atoms. The normalized spacial score (nSPS) is 10.2. The highest BCUT2D eigenvalue weighted by atomic mass is 79.9. The summed E-state index contributed by atoms with van der Waals surface area (Å²) in [5, 5.41) is 3.20. The van der Waals surface area contributed by atoms with Crippen molar-refractivity contribution in [1.29, 1.82) is 0 Å². The van der Waals surface area contributed by atoms with Crippen LogP contribution in [0.4, 0.5) is 11.8 Å². The Balaban J connectivity index is 1.92. The molecule has 0 saturated carbocycles. The molecule has 0 aliphatic carbocycles. The number of rotatable bonds is 4. The average molecular weight is 294 g/mol. The third kappa shape index (κ3) is 3.39. The zero-order valence-corrected chi connectivity index (χ0v) is 10.7. The van der Waals surface area contributed by atoms with Crippen LogP contribution in [0, 0.1) is 0 Å². The number of halogens is 1. The fourth-order valence-electron chi connectivity index (χ4n) is 1.38. The predicted molar refractivity (Wildman–Crippen MR) is 70.6 cm³/mol. The molecule has 0 radical (unpaired) electrons. The Bertz CT molecular complexity index is 488. The van der Waals surface area contributed by atoms with Crippen LogP contribution in [-0.2, 0) is 6.42 Å². The summed E-state index contributed by atoms with van der Waals surface area (Å²) in [6, 6.07) is 3.98. The van der Waals surface area contributed by atoms with Crippen molar-refractivity contribution in [3.63, 3.8) is 0 Å². The minimum atomic E-state index is 0.264. The van der Waals surface area contributed by atoms with Crippen LogP contribution in [0.3, 0.4) is 0 Å². The summed E-state index contributed by atoms with van der Waals surface area (Å²) in [6.07, 6.45) is 6.11. The van der Waals surface area contributed by atoms with Crippen molar-refractivity contribution < 1.29 is 0 Å². The quantitative estimate of drug-likeness (QED) is 0.900. The molecule has 0 aliphatic heterocycles. The molecule has 0 aromatic carbocycles. The highest BCUT2D eigenvalue weighted by Gasteiger charge is 2.02. The van der Waals surface area contributed by atoms with E-state index in [-0.39, 0.29) is 5.95 Å². The average Bonchev–Trinajstić information content (AvgIpc) is 2.35. The molecule has 2 rings (SSSR count). The second kappa shape index (κ2) is 5.58. The largest absolute Gasteiger partial charge is 0.369 e. The van der Waals surface area contributed by atoms with Crippen LogP contribution in [-0.4, -0.2) is 21.5 Å². The maximum Gasteiger partial charge on any atom is 0.221 e. The van der Waals surface area contributed by atoms with Crippen molar-refractivity contribution in [3.05, 3.63) is 40.8 Å². The van der Waals surface area contributed by atoms with E-state index in [0.717, 1.165) is 17.4 Å². The lowest BCUT2D eigenvalue weighted by Gasteiger charge is -2.07. The first-order chi connectivity index (χ1) is 8.25. The first kappa shape index (κ1) is 11.8. The van der Waals surface area contributed by atoms with Crippen LogP contribution in [0.1, 0.15) is 5.56 Å². The fraction of sp³-hybridized carbons (Fsp3) is 0.182. The van der Waals surface area contributed by atoms with E-state index in [2.05, 4.69) is 36.2 Å². The van der Waals surface area contributed by atoms with Crippen molar-refractivity contribution in [1.82, 2.24) is 15.0 Å². The maximum absolute atomic E-state index is 5.52. The van der Waals surface area contributed by atoms with Crippen LogP contribution >= 0.6 is 15.9 Å². The van der Waals surface area contributed by atoms with Gasteiger partial charge in [-0.1, -0.05) is 0 Å². The van der Waals surface area contributed by atoms with Crippen molar-refractivity contribution in [2.75, 3.05) is 17.6 Å². The van der Waals surface area contributed by atoms with Crippen LogP contribution in [0.2, 0.25) is 0 Å². The summed E-state index contributed by atoms with van der Waals surface area (Å²) in [5.74, 6) is 0.978. The third-order valence-corrected chi connectivity index (χ3v) is 2.80. The summed E-state index contributed by atoms with van der Waals surface area (Å²) < 4.78 is 0.807. The van der Waals surface area contributed by atoms with Crippen LogP contribution in [0.5, 0.6) is 0 Å². The van der Waals surface area contributed by atoms with Crippen molar-refractivity contribution in [2.24, 2.45) is 0 Å². The van der Waals surface area contributed by atoms with E-state index in [1.165, 1.54) is 5.56 Å². The molecule has 0 unspecified atom stereocenters. The molecule has 0 spiro atoms. The number of nitrogens with one attached hydrogen (secondary N) is 1. The van der Waals surface area contributed by atoms with Crippen LogP contribution in [0.15, 0.2) is 35.2 Å². The Labute approximate surface area is 108 Å². The lowest BCUT2D eigenvalue weighted by Crippen LogP contribution is -2.08. The van der Waals surface area contributed by atoms with E-state index in [1.807, 2.05) is 12.1 Å². The van der Waals surface area contributed by atoms with Gasteiger partial charge in [0.15, 0.2) is 0 Å². The number of hydrogen-bond donors (Lipinski definition) is 2. The topological polar surface area (TPSA) is 76.7 Å². The molecule has 3 N–H and O–H groups in total. The monoisotopic (exact) mass is 293 g/mol. The zero-order chi connectivity index (χ0) is 12.1. The molecule has 2 heterocycles. The van der Waals surface area contributed by atoms with E-state index >= 15 is 0 Å². The second-order valence-corrected chi connectivity index (χ2v) is 4.31. The third-order valence-electron chi connectivity index (χ3n) is 2.22. The van der Waals surface area contributed by atoms with Gasteiger partial charge in [-0.15, -0.1) is 0 Å². The Morgan fingerprint density at radius 1 is 1.29 bits per heavy atom.